The Morgan fingerprint density at radius 1 is 1.47 bits per heavy atom. The topological polar surface area (TPSA) is 47.3 Å². The van der Waals surface area contributed by atoms with Gasteiger partial charge in [0.25, 0.3) is 0 Å². The lowest BCUT2D eigenvalue weighted by Crippen LogP contribution is -2.41. The second-order valence-corrected chi connectivity index (χ2v) is 6.30. The van der Waals surface area contributed by atoms with E-state index in [1.165, 1.54) is 0 Å². The first-order valence-corrected chi connectivity index (χ1v) is 7.24. The number of hydrogen-bond donors (Lipinski definition) is 1. The van der Waals surface area contributed by atoms with Crippen LogP contribution in [-0.2, 0) is 5.60 Å². The third-order valence-corrected chi connectivity index (χ3v) is 4.47. The highest BCUT2D eigenvalue weighted by molar-refractivity contribution is 5.32. The van der Waals surface area contributed by atoms with Crippen molar-refractivity contribution >= 4 is 0 Å². The molecule has 2 rings (SSSR count). The number of aromatic nitrogens is 2. The van der Waals surface area contributed by atoms with Gasteiger partial charge in [-0.25, -0.2) is 0 Å². The fourth-order valence-corrected chi connectivity index (χ4v) is 3.28. The quantitative estimate of drug-likeness (QED) is 0.914. The Balaban J connectivity index is 2.47. The van der Waals surface area contributed by atoms with E-state index >= 15 is 0 Å². The van der Waals surface area contributed by atoms with Crippen LogP contribution in [0.15, 0.2) is 6.20 Å². The maximum absolute atomic E-state index is 11.2. The number of hydrogen-bond acceptors (Lipinski definition) is 3. The van der Waals surface area contributed by atoms with E-state index in [9.17, 15) is 5.11 Å². The molecule has 0 aliphatic heterocycles. The van der Waals surface area contributed by atoms with Gasteiger partial charge in [-0.1, -0.05) is 13.8 Å². The first-order chi connectivity index (χ1) is 8.90. The minimum absolute atomic E-state index is 0.217. The van der Waals surface area contributed by atoms with Gasteiger partial charge in [-0.05, 0) is 44.9 Å². The van der Waals surface area contributed by atoms with Gasteiger partial charge in [-0.3, -0.25) is 4.68 Å². The van der Waals surface area contributed by atoms with Crippen molar-refractivity contribution in [3.63, 3.8) is 0 Å². The molecule has 3 unspecified atom stereocenters. The van der Waals surface area contributed by atoms with Crippen molar-refractivity contribution in [2.45, 2.75) is 58.6 Å². The number of nitrogens with zero attached hydrogens (tertiary/aromatic N) is 2. The van der Waals surface area contributed by atoms with Crippen LogP contribution in [0.4, 0.5) is 0 Å². The molecule has 1 N–H and O–H groups in total. The summed E-state index contributed by atoms with van der Waals surface area (Å²) in [4.78, 5) is 0. The molecular weight excluding hydrogens is 240 g/mol. The first kappa shape index (κ1) is 14.4. The van der Waals surface area contributed by atoms with E-state index in [-0.39, 0.29) is 12.0 Å². The average molecular weight is 266 g/mol. The van der Waals surface area contributed by atoms with Crippen molar-refractivity contribution < 1.29 is 9.84 Å². The van der Waals surface area contributed by atoms with Crippen LogP contribution in [-0.4, -0.2) is 22.0 Å². The van der Waals surface area contributed by atoms with Crippen molar-refractivity contribution in [1.82, 2.24) is 9.78 Å². The zero-order chi connectivity index (χ0) is 14.2. The Morgan fingerprint density at radius 3 is 2.68 bits per heavy atom. The smallest absolute Gasteiger partial charge is 0.162 e. The molecule has 0 spiro atoms. The zero-order valence-electron chi connectivity index (χ0n) is 12.7. The number of methoxy groups -OCH3 is 1. The Kier molecular flexibility index (Phi) is 3.90. The van der Waals surface area contributed by atoms with Crippen molar-refractivity contribution in [2.24, 2.45) is 11.8 Å². The van der Waals surface area contributed by atoms with Gasteiger partial charge in [0.05, 0.1) is 13.3 Å². The van der Waals surface area contributed by atoms with E-state index in [4.69, 9.17) is 4.74 Å². The van der Waals surface area contributed by atoms with Gasteiger partial charge in [-0.2, -0.15) is 5.10 Å². The first-order valence-electron chi connectivity index (χ1n) is 7.24. The third-order valence-electron chi connectivity index (χ3n) is 4.47. The van der Waals surface area contributed by atoms with E-state index in [0.29, 0.717) is 11.7 Å². The molecule has 1 aliphatic carbocycles. The summed E-state index contributed by atoms with van der Waals surface area (Å²) in [6.07, 6.45) is 4.60. The second-order valence-electron chi connectivity index (χ2n) is 6.30. The molecule has 19 heavy (non-hydrogen) atoms. The maximum atomic E-state index is 11.2. The maximum Gasteiger partial charge on any atom is 0.162 e. The minimum Gasteiger partial charge on any atom is -0.493 e. The van der Waals surface area contributed by atoms with Gasteiger partial charge in [0.15, 0.2) is 5.75 Å². The summed E-state index contributed by atoms with van der Waals surface area (Å²) in [5, 5.41) is 15.6. The lowest BCUT2D eigenvalue weighted by molar-refractivity contribution is -0.0675. The van der Waals surface area contributed by atoms with E-state index in [2.05, 4.69) is 32.8 Å². The van der Waals surface area contributed by atoms with Gasteiger partial charge in [0.2, 0.25) is 0 Å². The van der Waals surface area contributed by atoms with Gasteiger partial charge >= 0.3 is 0 Å². The number of aliphatic hydroxyl groups is 1. The highest BCUT2D eigenvalue weighted by Crippen LogP contribution is 2.46. The molecule has 108 valence electrons. The largest absolute Gasteiger partial charge is 0.493 e. The molecule has 0 amide bonds. The Labute approximate surface area is 115 Å². The second kappa shape index (κ2) is 5.16. The number of rotatable bonds is 3. The van der Waals surface area contributed by atoms with E-state index in [1.54, 1.807) is 13.3 Å². The lowest BCUT2D eigenvalue weighted by atomic mass is 9.70. The van der Waals surface area contributed by atoms with Gasteiger partial charge in [0, 0.05) is 6.04 Å². The molecule has 0 bridgehead atoms. The summed E-state index contributed by atoms with van der Waals surface area (Å²) in [5.41, 5.74) is 0.0305. The highest BCUT2D eigenvalue weighted by Gasteiger charge is 2.44. The van der Waals surface area contributed by atoms with Crippen LogP contribution in [0.2, 0.25) is 0 Å². The summed E-state index contributed by atoms with van der Waals surface area (Å²) in [6.45, 7) is 8.55. The van der Waals surface area contributed by atoms with Gasteiger partial charge in [-0.15, -0.1) is 0 Å². The average Bonchev–Trinajstić information content (AvgIpc) is 2.79. The summed E-state index contributed by atoms with van der Waals surface area (Å²) < 4.78 is 7.33. The predicted octanol–water partition coefficient (Wildman–Crippen LogP) is 3.12. The van der Waals surface area contributed by atoms with Crippen molar-refractivity contribution in [1.29, 1.82) is 0 Å². The molecule has 4 nitrogen and oxygen atoms in total. The van der Waals surface area contributed by atoms with Gasteiger partial charge in [0.1, 0.15) is 11.3 Å². The number of ether oxygens (including phenoxy) is 1. The molecule has 1 aromatic heterocycles. The van der Waals surface area contributed by atoms with Crippen LogP contribution in [0.3, 0.4) is 0 Å². The molecule has 4 heteroatoms. The summed E-state index contributed by atoms with van der Waals surface area (Å²) in [7, 11) is 1.64. The molecule has 1 fully saturated rings. The lowest BCUT2D eigenvalue weighted by Gasteiger charge is -2.41. The Morgan fingerprint density at radius 2 is 2.16 bits per heavy atom. The van der Waals surface area contributed by atoms with Crippen LogP contribution in [0.25, 0.3) is 0 Å². The molecular formula is C15H26N2O2. The zero-order valence-corrected chi connectivity index (χ0v) is 12.7. The Bertz CT molecular complexity index is 441. The standard InChI is InChI=1S/C15H26N2O2/c1-10(2)17-14(13(19-5)9-16-17)15(18)7-6-11(3)8-12(15)4/h9-12,18H,6-8H2,1-5H3. The SMILES string of the molecule is COc1cnn(C(C)C)c1C1(O)CCC(C)CC1C. The molecule has 1 aromatic rings. The predicted molar refractivity (Wildman–Crippen MR) is 75.2 cm³/mol. The van der Waals surface area contributed by atoms with Gasteiger partial charge < -0.3 is 9.84 Å². The molecule has 0 aromatic carbocycles. The van der Waals surface area contributed by atoms with E-state index in [0.717, 1.165) is 25.0 Å². The molecule has 1 heterocycles. The van der Waals surface area contributed by atoms with E-state index in [1.807, 2.05) is 4.68 Å². The van der Waals surface area contributed by atoms with E-state index < -0.39 is 5.60 Å². The summed E-state index contributed by atoms with van der Waals surface area (Å²) in [5.74, 6) is 1.61. The molecule has 3 atom stereocenters. The van der Waals surface area contributed by atoms with Crippen LogP contribution < -0.4 is 4.74 Å². The molecule has 0 saturated heterocycles. The van der Waals surface area contributed by atoms with Crippen molar-refractivity contribution in [2.75, 3.05) is 7.11 Å². The summed E-state index contributed by atoms with van der Waals surface area (Å²) >= 11 is 0. The third kappa shape index (κ3) is 2.38. The molecule has 1 aliphatic rings. The van der Waals surface area contributed by atoms with Crippen molar-refractivity contribution in [3.8, 4) is 5.75 Å². The molecule has 0 radical (unpaired) electrons. The Hall–Kier alpha value is -1.03. The highest BCUT2D eigenvalue weighted by atomic mass is 16.5. The monoisotopic (exact) mass is 266 g/mol. The van der Waals surface area contributed by atoms with Crippen LogP contribution in [0.1, 0.15) is 58.7 Å². The normalized spacial score (nSPS) is 31.7. The van der Waals surface area contributed by atoms with Crippen LogP contribution >= 0.6 is 0 Å². The fraction of sp³-hybridized carbons (Fsp3) is 0.800. The fourth-order valence-electron chi connectivity index (χ4n) is 3.28. The van der Waals surface area contributed by atoms with Crippen LogP contribution in [0, 0.1) is 11.8 Å². The minimum atomic E-state index is -0.821. The summed E-state index contributed by atoms with van der Waals surface area (Å²) in [6, 6.07) is 0.217. The molecule has 1 saturated carbocycles. The van der Waals surface area contributed by atoms with Crippen LogP contribution in [0.5, 0.6) is 5.75 Å². The van der Waals surface area contributed by atoms with Crippen molar-refractivity contribution in [3.05, 3.63) is 11.9 Å².